The van der Waals surface area contributed by atoms with E-state index in [4.69, 9.17) is 9.47 Å². The van der Waals surface area contributed by atoms with E-state index >= 15 is 0 Å². The van der Waals surface area contributed by atoms with Gasteiger partial charge in [-0.15, -0.1) is 0 Å². The minimum atomic E-state index is -0.344. The quantitative estimate of drug-likeness (QED) is 0.720. The van der Waals surface area contributed by atoms with Gasteiger partial charge in [0.05, 0.1) is 13.0 Å². The minimum Gasteiger partial charge on any atom is -0.485 e. The van der Waals surface area contributed by atoms with Gasteiger partial charge < -0.3 is 9.47 Å². The number of hydrogen-bond acceptors (Lipinski definition) is 4. The highest BCUT2D eigenvalue weighted by Gasteiger charge is 2.11. The summed E-state index contributed by atoms with van der Waals surface area (Å²) in [5, 5.41) is 0. The zero-order valence-electron chi connectivity index (χ0n) is 12.6. The number of carbonyl (C=O) groups is 2. The lowest BCUT2D eigenvalue weighted by Crippen LogP contribution is -2.15. The molecule has 0 saturated carbocycles. The molecule has 0 spiro atoms. The average molecular weight is 278 g/mol. The first-order valence-electron chi connectivity index (χ1n) is 6.82. The molecule has 1 aromatic carbocycles. The second-order valence-corrected chi connectivity index (χ2v) is 4.79. The van der Waals surface area contributed by atoms with Crippen molar-refractivity contribution in [3.05, 3.63) is 28.8 Å². The molecule has 110 valence electrons. The van der Waals surface area contributed by atoms with Gasteiger partial charge in [-0.1, -0.05) is 12.1 Å². The predicted molar refractivity (Wildman–Crippen MR) is 77.0 cm³/mol. The standard InChI is InChI=1S/C16H22O4/c1-5-19-15(18)9-8-14(17)10-20-16-12(3)7-6-11(2)13(16)4/h6-7H,5,8-10H2,1-4H3. The molecular weight excluding hydrogens is 256 g/mol. The fraction of sp³-hybridized carbons (Fsp3) is 0.500. The van der Waals surface area contributed by atoms with Crippen LogP contribution in [0.4, 0.5) is 0 Å². The average Bonchev–Trinajstić information content (AvgIpc) is 2.41. The summed E-state index contributed by atoms with van der Waals surface area (Å²) in [6, 6.07) is 4.00. The summed E-state index contributed by atoms with van der Waals surface area (Å²) in [7, 11) is 0. The van der Waals surface area contributed by atoms with Crippen LogP contribution in [0.1, 0.15) is 36.5 Å². The predicted octanol–water partition coefficient (Wildman–Crippen LogP) is 2.90. The molecule has 20 heavy (non-hydrogen) atoms. The first kappa shape index (κ1) is 16.2. The van der Waals surface area contributed by atoms with Crippen LogP contribution in [0.2, 0.25) is 0 Å². The van der Waals surface area contributed by atoms with Crippen molar-refractivity contribution in [1.82, 2.24) is 0 Å². The summed E-state index contributed by atoms with van der Waals surface area (Å²) in [5.74, 6) is 0.316. The summed E-state index contributed by atoms with van der Waals surface area (Å²) in [6.07, 6.45) is 0.268. The van der Waals surface area contributed by atoms with E-state index in [1.807, 2.05) is 32.9 Å². The maximum Gasteiger partial charge on any atom is 0.306 e. The number of hydrogen-bond donors (Lipinski definition) is 0. The molecule has 0 fully saturated rings. The number of benzene rings is 1. The third-order valence-electron chi connectivity index (χ3n) is 3.16. The summed E-state index contributed by atoms with van der Waals surface area (Å²) >= 11 is 0. The second kappa shape index (κ2) is 7.68. The van der Waals surface area contributed by atoms with Crippen molar-refractivity contribution in [2.75, 3.05) is 13.2 Å². The van der Waals surface area contributed by atoms with Crippen molar-refractivity contribution in [3.8, 4) is 5.75 Å². The summed E-state index contributed by atoms with van der Waals surface area (Å²) in [5.41, 5.74) is 3.18. The third kappa shape index (κ3) is 4.68. The Labute approximate surface area is 120 Å². The van der Waals surface area contributed by atoms with Crippen molar-refractivity contribution in [2.45, 2.75) is 40.5 Å². The molecule has 0 saturated heterocycles. The first-order valence-corrected chi connectivity index (χ1v) is 6.82. The fourth-order valence-electron chi connectivity index (χ4n) is 1.85. The van der Waals surface area contributed by atoms with Gasteiger partial charge in [-0.3, -0.25) is 9.59 Å². The van der Waals surface area contributed by atoms with Gasteiger partial charge in [0, 0.05) is 6.42 Å². The summed E-state index contributed by atoms with van der Waals surface area (Å²) in [6.45, 7) is 8.00. The normalized spacial score (nSPS) is 10.2. The van der Waals surface area contributed by atoms with E-state index in [9.17, 15) is 9.59 Å². The van der Waals surface area contributed by atoms with E-state index < -0.39 is 0 Å². The number of esters is 1. The molecule has 0 atom stereocenters. The summed E-state index contributed by atoms with van der Waals surface area (Å²) in [4.78, 5) is 22.9. The number of ether oxygens (including phenoxy) is 2. The monoisotopic (exact) mass is 278 g/mol. The molecule has 0 bridgehead atoms. The van der Waals surface area contributed by atoms with E-state index in [-0.39, 0.29) is 31.2 Å². The van der Waals surface area contributed by atoms with Crippen LogP contribution in [0.15, 0.2) is 12.1 Å². The zero-order valence-corrected chi connectivity index (χ0v) is 12.6. The van der Waals surface area contributed by atoms with Crippen LogP contribution in [-0.2, 0) is 14.3 Å². The SMILES string of the molecule is CCOC(=O)CCC(=O)COc1c(C)ccc(C)c1C. The maximum absolute atomic E-state index is 11.7. The lowest BCUT2D eigenvalue weighted by Gasteiger charge is -2.13. The molecular formula is C16H22O4. The Morgan fingerprint density at radius 3 is 2.35 bits per heavy atom. The Kier molecular flexibility index (Phi) is 6.22. The van der Waals surface area contributed by atoms with Gasteiger partial charge in [0.1, 0.15) is 12.4 Å². The highest BCUT2D eigenvalue weighted by Crippen LogP contribution is 2.25. The van der Waals surface area contributed by atoms with Crippen molar-refractivity contribution >= 4 is 11.8 Å². The number of carbonyl (C=O) groups excluding carboxylic acids is 2. The van der Waals surface area contributed by atoms with Crippen LogP contribution >= 0.6 is 0 Å². The van der Waals surface area contributed by atoms with Gasteiger partial charge in [-0.05, 0) is 44.4 Å². The fourth-order valence-corrected chi connectivity index (χ4v) is 1.85. The van der Waals surface area contributed by atoms with Crippen molar-refractivity contribution in [2.24, 2.45) is 0 Å². The number of Topliss-reactive ketones (excluding diaryl/α,β-unsaturated/α-hetero) is 1. The van der Waals surface area contributed by atoms with Crippen LogP contribution < -0.4 is 4.74 Å². The van der Waals surface area contributed by atoms with Gasteiger partial charge in [-0.2, -0.15) is 0 Å². The third-order valence-corrected chi connectivity index (χ3v) is 3.16. The molecule has 1 rings (SSSR count). The molecule has 0 aliphatic rings. The smallest absolute Gasteiger partial charge is 0.306 e. The number of aryl methyl sites for hydroxylation is 2. The Balaban J connectivity index is 2.49. The van der Waals surface area contributed by atoms with Crippen molar-refractivity contribution in [3.63, 3.8) is 0 Å². The lowest BCUT2D eigenvalue weighted by molar-refractivity contribution is -0.144. The molecule has 0 amide bonds. The van der Waals surface area contributed by atoms with Crippen LogP contribution in [0, 0.1) is 20.8 Å². The van der Waals surface area contributed by atoms with Crippen molar-refractivity contribution in [1.29, 1.82) is 0 Å². The Morgan fingerprint density at radius 2 is 1.70 bits per heavy atom. The van der Waals surface area contributed by atoms with Gasteiger partial charge in [-0.25, -0.2) is 0 Å². The van der Waals surface area contributed by atoms with Gasteiger partial charge in [0.25, 0.3) is 0 Å². The van der Waals surface area contributed by atoms with Gasteiger partial charge in [0.15, 0.2) is 5.78 Å². The number of ketones is 1. The Bertz CT molecular complexity index is 491. The van der Waals surface area contributed by atoms with E-state index in [1.54, 1.807) is 6.92 Å². The van der Waals surface area contributed by atoms with E-state index in [0.29, 0.717) is 6.61 Å². The largest absolute Gasteiger partial charge is 0.485 e. The molecule has 0 radical (unpaired) electrons. The molecule has 4 nitrogen and oxygen atoms in total. The molecule has 1 aromatic rings. The molecule has 0 N–H and O–H groups in total. The highest BCUT2D eigenvalue weighted by atomic mass is 16.5. The van der Waals surface area contributed by atoms with E-state index in [2.05, 4.69) is 0 Å². The van der Waals surface area contributed by atoms with Gasteiger partial charge >= 0.3 is 5.97 Å². The molecule has 0 aromatic heterocycles. The van der Waals surface area contributed by atoms with E-state index in [0.717, 1.165) is 22.4 Å². The minimum absolute atomic E-state index is 0.00939. The summed E-state index contributed by atoms with van der Waals surface area (Å²) < 4.78 is 10.4. The number of rotatable bonds is 7. The Morgan fingerprint density at radius 1 is 1.05 bits per heavy atom. The Hall–Kier alpha value is -1.84. The molecule has 0 unspecified atom stereocenters. The van der Waals surface area contributed by atoms with Crippen LogP contribution in [0.25, 0.3) is 0 Å². The molecule has 4 heteroatoms. The zero-order chi connectivity index (χ0) is 15.1. The van der Waals surface area contributed by atoms with Crippen LogP contribution in [-0.4, -0.2) is 25.0 Å². The van der Waals surface area contributed by atoms with Crippen LogP contribution in [0.5, 0.6) is 5.75 Å². The highest BCUT2D eigenvalue weighted by molar-refractivity contribution is 5.84. The molecule has 0 heterocycles. The topological polar surface area (TPSA) is 52.6 Å². The molecule has 0 aliphatic heterocycles. The second-order valence-electron chi connectivity index (χ2n) is 4.79. The van der Waals surface area contributed by atoms with Crippen LogP contribution in [0.3, 0.4) is 0 Å². The van der Waals surface area contributed by atoms with Gasteiger partial charge in [0.2, 0.25) is 0 Å². The maximum atomic E-state index is 11.7. The van der Waals surface area contributed by atoms with Crippen molar-refractivity contribution < 1.29 is 19.1 Å². The van der Waals surface area contributed by atoms with E-state index in [1.165, 1.54) is 0 Å². The first-order chi connectivity index (χ1) is 9.45. The molecule has 0 aliphatic carbocycles. The lowest BCUT2D eigenvalue weighted by atomic mass is 10.1.